The molecule has 20 heavy (non-hydrogen) atoms. The van der Waals surface area contributed by atoms with Crippen molar-refractivity contribution in [3.63, 3.8) is 0 Å². The van der Waals surface area contributed by atoms with Gasteiger partial charge in [0.1, 0.15) is 5.82 Å². The highest BCUT2D eigenvalue weighted by Crippen LogP contribution is 2.49. The van der Waals surface area contributed by atoms with Crippen molar-refractivity contribution in [1.82, 2.24) is 5.32 Å². The Labute approximate surface area is 119 Å². The van der Waals surface area contributed by atoms with E-state index in [0.717, 1.165) is 6.42 Å². The van der Waals surface area contributed by atoms with Gasteiger partial charge < -0.3 is 10.4 Å². The van der Waals surface area contributed by atoms with E-state index in [4.69, 9.17) is 0 Å². The Kier molecular flexibility index (Phi) is 4.43. The Balaban J connectivity index is 2.11. The monoisotopic (exact) mass is 279 g/mol. The largest absolute Gasteiger partial charge is 0.394 e. The molecule has 0 heterocycles. The Morgan fingerprint density at radius 1 is 1.40 bits per heavy atom. The van der Waals surface area contributed by atoms with E-state index in [2.05, 4.69) is 5.32 Å². The molecule has 0 bridgehead atoms. The molecule has 2 N–H and O–H groups in total. The summed E-state index contributed by atoms with van der Waals surface area (Å²) in [6.07, 6.45) is 2.05. The molecule has 0 aromatic heterocycles. The third kappa shape index (κ3) is 3.01. The number of rotatable bonds is 6. The van der Waals surface area contributed by atoms with Crippen LogP contribution in [0.5, 0.6) is 0 Å². The molecule has 1 atom stereocenters. The minimum atomic E-state index is -0.726. The zero-order valence-corrected chi connectivity index (χ0v) is 12.0. The molecule has 1 aliphatic carbocycles. The van der Waals surface area contributed by atoms with E-state index in [9.17, 15) is 14.3 Å². The standard InChI is InChI=1S/C16H22FNO2/c1-11(2)9-12(10-19)18-15(20)16(7-8-16)13-5-3-4-6-14(13)17/h3-6,11-12,19H,7-10H2,1-2H3,(H,18,20). The SMILES string of the molecule is CC(C)CC(CO)NC(=O)C1(c2ccccc2F)CC1. The fraction of sp³-hybridized carbons (Fsp3) is 0.562. The number of carbonyl (C=O) groups is 1. The van der Waals surface area contributed by atoms with Crippen LogP contribution >= 0.6 is 0 Å². The summed E-state index contributed by atoms with van der Waals surface area (Å²) in [6.45, 7) is 3.99. The van der Waals surface area contributed by atoms with Gasteiger partial charge in [0.25, 0.3) is 0 Å². The van der Waals surface area contributed by atoms with Crippen molar-refractivity contribution < 1.29 is 14.3 Å². The van der Waals surface area contributed by atoms with Crippen molar-refractivity contribution in [3.05, 3.63) is 35.6 Å². The third-order valence-corrected chi connectivity index (χ3v) is 3.89. The first-order chi connectivity index (χ1) is 9.49. The zero-order valence-electron chi connectivity index (χ0n) is 12.0. The van der Waals surface area contributed by atoms with Crippen LogP contribution in [0.4, 0.5) is 4.39 Å². The first-order valence-electron chi connectivity index (χ1n) is 7.16. The minimum absolute atomic E-state index is 0.0860. The molecule has 1 unspecified atom stereocenters. The highest BCUT2D eigenvalue weighted by atomic mass is 19.1. The van der Waals surface area contributed by atoms with Gasteiger partial charge in [0.05, 0.1) is 18.1 Å². The average Bonchev–Trinajstić information content (AvgIpc) is 3.19. The maximum Gasteiger partial charge on any atom is 0.231 e. The topological polar surface area (TPSA) is 49.3 Å². The number of hydrogen-bond acceptors (Lipinski definition) is 2. The molecule has 0 radical (unpaired) electrons. The molecule has 1 saturated carbocycles. The second-order valence-corrected chi connectivity index (χ2v) is 6.04. The number of hydrogen-bond donors (Lipinski definition) is 2. The van der Waals surface area contributed by atoms with E-state index >= 15 is 0 Å². The number of aliphatic hydroxyl groups is 1. The molecule has 1 aromatic carbocycles. The molecule has 4 heteroatoms. The first-order valence-corrected chi connectivity index (χ1v) is 7.16. The lowest BCUT2D eigenvalue weighted by atomic mass is 9.93. The van der Waals surface area contributed by atoms with Crippen LogP contribution < -0.4 is 5.32 Å². The maximum absolute atomic E-state index is 13.9. The highest BCUT2D eigenvalue weighted by molar-refractivity contribution is 5.91. The Morgan fingerprint density at radius 2 is 2.05 bits per heavy atom. The molecule has 0 aliphatic heterocycles. The summed E-state index contributed by atoms with van der Waals surface area (Å²) in [5, 5.41) is 12.2. The highest BCUT2D eigenvalue weighted by Gasteiger charge is 2.52. The van der Waals surface area contributed by atoms with E-state index in [1.165, 1.54) is 6.07 Å². The van der Waals surface area contributed by atoms with Gasteiger partial charge in [0, 0.05) is 5.56 Å². The van der Waals surface area contributed by atoms with E-state index in [-0.39, 0.29) is 24.4 Å². The Hall–Kier alpha value is -1.42. The third-order valence-electron chi connectivity index (χ3n) is 3.89. The number of benzene rings is 1. The predicted molar refractivity (Wildman–Crippen MR) is 75.8 cm³/mol. The fourth-order valence-corrected chi connectivity index (χ4v) is 2.66. The quantitative estimate of drug-likeness (QED) is 0.840. The van der Waals surface area contributed by atoms with Crippen LogP contribution in [0.2, 0.25) is 0 Å². The van der Waals surface area contributed by atoms with Crippen LogP contribution in [0.3, 0.4) is 0 Å². The van der Waals surface area contributed by atoms with Gasteiger partial charge >= 0.3 is 0 Å². The summed E-state index contributed by atoms with van der Waals surface area (Å²) >= 11 is 0. The molecular formula is C16H22FNO2. The molecule has 1 fully saturated rings. The van der Waals surface area contributed by atoms with E-state index in [1.54, 1.807) is 18.2 Å². The molecule has 2 rings (SSSR count). The molecule has 1 aliphatic rings. The van der Waals surface area contributed by atoms with Crippen molar-refractivity contribution >= 4 is 5.91 Å². The maximum atomic E-state index is 13.9. The zero-order chi connectivity index (χ0) is 14.8. The molecule has 3 nitrogen and oxygen atoms in total. The number of aliphatic hydroxyl groups excluding tert-OH is 1. The summed E-state index contributed by atoms with van der Waals surface area (Å²) in [7, 11) is 0. The van der Waals surface area contributed by atoms with Gasteiger partial charge in [-0.05, 0) is 31.2 Å². The van der Waals surface area contributed by atoms with E-state index in [1.807, 2.05) is 13.8 Å². The van der Waals surface area contributed by atoms with Crippen LogP contribution in [-0.2, 0) is 10.2 Å². The normalized spacial score (nSPS) is 17.9. The van der Waals surface area contributed by atoms with Crippen LogP contribution in [0.15, 0.2) is 24.3 Å². The van der Waals surface area contributed by atoms with Crippen molar-refractivity contribution in [2.24, 2.45) is 5.92 Å². The van der Waals surface area contributed by atoms with Gasteiger partial charge in [0.15, 0.2) is 0 Å². The predicted octanol–water partition coefficient (Wildman–Crippen LogP) is 2.38. The van der Waals surface area contributed by atoms with Crippen LogP contribution in [0.1, 0.15) is 38.7 Å². The van der Waals surface area contributed by atoms with Crippen LogP contribution in [0, 0.1) is 11.7 Å². The smallest absolute Gasteiger partial charge is 0.231 e. The van der Waals surface area contributed by atoms with Crippen molar-refractivity contribution in [2.75, 3.05) is 6.61 Å². The van der Waals surface area contributed by atoms with Gasteiger partial charge in [-0.2, -0.15) is 0 Å². The second kappa shape index (κ2) is 5.92. The Morgan fingerprint density at radius 3 is 2.55 bits per heavy atom. The lowest BCUT2D eigenvalue weighted by Crippen LogP contribution is -2.44. The molecule has 110 valence electrons. The lowest BCUT2D eigenvalue weighted by molar-refractivity contribution is -0.124. The number of nitrogens with one attached hydrogen (secondary N) is 1. The van der Waals surface area contributed by atoms with E-state index < -0.39 is 5.41 Å². The van der Waals surface area contributed by atoms with Crippen molar-refractivity contribution in [2.45, 2.75) is 44.6 Å². The van der Waals surface area contributed by atoms with E-state index in [0.29, 0.717) is 24.3 Å². The fourth-order valence-electron chi connectivity index (χ4n) is 2.66. The minimum Gasteiger partial charge on any atom is -0.394 e. The van der Waals surface area contributed by atoms with Gasteiger partial charge in [-0.15, -0.1) is 0 Å². The molecular weight excluding hydrogens is 257 g/mol. The second-order valence-electron chi connectivity index (χ2n) is 6.04. The van der Waals surface area contributed by atoms with Crippen molar-refractivity contribution in [3.8, 4) is 0 Å². The number of amides is 1. The summed E-state index contributed by atoms with van der Waals surface area (Å²) < 4.78 is 13.9. The van der Waals surface area contributed by atoms with Crippen molar-refractivity contribution in [1.29, 1.82) is 0 Å². The molecule has 0 spiro atoms. The average molecular weight is 279 g/mol. The molecule has 1 amide bonds. The molecule has 1 aromatic rings. The summed E-state index contributed by atoms with van der Waals surface area (Å²) in [5.74, 6) is -0.108. The lowest BCUT2D eigenvalue weighted by Gasteiger charge is -2.22. The molecule has 0 saturated heterocycles. The van der Waals surface area contributed by atoms with Gasteiger partial charge in [-0.1, -0.05) is 32.0 Å². The number of carbonyl (C=O) groups excluding carboxylic acids is 1. The van der Waals surface area contributed by atoms with Gasteiger partial charge in [-0.3, -0.25) is 4.79 Å². The first kappa shape index (κ1) is 15.0. The number of halogens is 1. The summed E-state index contributed by atoms with van der Waals surface area (Å²) in [5.41, 5.74) is -0.255. The van der Waals surface area contributed by atoms with Crippen LogP contribution in [0.25, 0.3) is 0 Å². The van der Waals surface area contributed by atoms with Crippen LogP contribution in [-0.4, -0.2) is 23.7 Å². The van der Waals surface area contributed by atoms with Gasteiger partial charge in [0.2, 0.25) is 5.91 Å². The van der Waals surface area contributed by atoms with Gasteiger partial charge in [-0.25, -0.2) is 4.39 Å². The Bertz CT molecular complexity index is 483. The summed E-state index contributed by atoms with van der Waals surface area (Å²) in [6, 6.07) is 6.19. The summed E-state index contributed by atoms with van der Waals surface area (Å²) in [4.78, 5) is 12.4.